The molecule has 7 heteroatoms. The lowest BCUT2D eigenvalue weighted by Gasteiger charge is -2.13. The van der Waals surface area contributed by atoms with Crippen LogP contribution in [-0.2, 0) is 23.9 Å². The molecule has 0 fully saturated rings. The van der Waals surface area contributed by atoms with Gasteiger partial charge in [-0.25, -0.2) is 9.59 Å². The molecule has 0 spiro atoms. The number of amides is 1. The highest BCUT2D eigenvalue weighted by molar-refractivity contribution is 6.02. The third-order valence-electron chi connectivity index (χ3n) is 1.36. The van der Waals surface area contributed by atoms with Crippen molar-refractivity contribution in [2.24, 2.45) is 5.73 Å². The molecule has 0 aliphatic rings. The van der Waals surface area contributed by atoms with E-state index in [-0.39, 0.29) is 6.54 Å². The first-order valence-corrected chi connectivity index (χ1v) is 3.71. The first kappa shape index (κ1) is 12.4. The van der Waals surface area contributed by atoms with Gasteiger partial charge in [-0.1, -0.05) is 0 Å². The van der Waals surface area contributed by atoms with Crippen LogP contribution in [0.1, 0.15) is 0 Å². The number of ether oxygens (including phenoxy) is 2. The van der Waals surface area contributed by atoms with Crippen LogP contribution in [0.25, 0.3) is 0 Å². The van der Waals surface area contributed by atoms with E-state index < -0.39 is 23.9 Å². The molecule has 0 unspecified atom stereocenters. The van der Waals surface area contributed by atoms with Crippen molar-refractivity contribution in [2.75, 3.05) is 20.8 Å². The second-order valence-corrected chi connectivity index (χ2v) is 2.25. The van der Waals surface area contributed by atoms with Crippen LogP contribution in [-0.4, -0.2) is 44.7 Å². The zero-order chi connectivity index (χ0) is 11.1. The number of carbonyl (C=O) groups is 3. The minimum absolute atomic E-state index is 0.329. The molecule has 0 rings (SSSR count). The number of carbonyl (C=O) groups excluding carboxylic acids is 3. The van der Waals surface area contributed by atoms with E-state index in [1.165, 1.54) is 0 Å². The van der Waals surface area contributed by atoms with Crippen LogP contribution in [0.2, 0.25) is 0 Å². The summed E-state index contributed by atoms with van der Waals surface area (Å²) in [4.78, 5) is 32.8. The summed E-state index contributed by atoms with van der Waals surface area (Å²) >= 11 is 0. The summed E-state index contributed by atoms with van der Waals surface area (Å²) in [6, 6.07) is -1.46. The standard InChI is InChI=1S/C7H12N2O5/c1-13-6(11)5(7(12)14-2)9-4(10)3-8/h5H,3,8H2,1-2H3,(H,9,10). The molecule has 0 aromatic carbocycles. The predicted octanol–water partition coefficient (Wildman–Crippen LogP) is -2.22. The van der Waals surface area contributed by atoms with Crippen LogP contribution in [0.4, 0.5) is 0 Å². The van der Waals surface area contributed by atoms with Crippen molar-refractivity contribution in [1.82, 2.24) is 5.32 Å². The Balaban J connectivity index is 4.48. The normalized spacial score (nSPS) is 9.43. The molecule has 1 amide bonds. The van der Waals surface area contributed by atoms with Crippen molar-refractivity contribution in [3.63, 3.8) is 0 Å². The van der Waals surface area contributed by atoms with Gasteiger partial charge in [-0.05, 0) is 0 Å². The molecule has 0 heterocycles. The second kappa shape index (κ2) is 5.92. The molecule has 0 aromatic rings. The molecule has 0 aromatic heterocycles. The van der Waals surface area contributed by atoms with Crippen molar-refractivity contribution in [3.8, 4) is 0 Å². The molecular weight excluding hydrogens is 192 g/mol. The van der Waals surface area contributed by atoms with E-state index in [1.807, 2.05) is 0 Å². The van der Waals surface area contributed by atoms with Gasteiger partial charge in [0.15, 0.2) is 0 Å². The number of nitrogens with one attached hydrogen (secondary N) is 1. The molecule has 7 nitrogen and oxygen atoms in total. The van der Waals surface area contributed by atoms with Gasteiger partial charge in [0.1, 0.15) is 0 Å². The second-order valence-electron chi connectivity index (χ2n) is 2.25. The number of hydrogen-bond donors (Lipinski definition) is 2. The number of methoxy groups -OCH3 is 2. The maximum atomic E-state index is 11.0. The fourth-order valence-electron chi connectivity index (χ4n) is 0.670. The van der Waals surface area contributed by atoms with Gasteiger partial charge in [0.05, 0.1) is 20.8 Å². The monoisotopic (exact) mass is 204 g/mol. The highest BCUT2D eigenvalue weighted by Gasteiger charge is 2.29. The molecule has 0 saturated carbocycles. The van der Waals surface area contributed by atoms with Crippen molar-refractivity contribution >= 4 is 17.8 Å². The number of esters is 2. The maximum absolute atomic E-state index is 11.0. The summed E-state index contributed by atoms with van der Waals surface area (Å²) in [7, 11) is 2.18. The van der Waals surface area contributed by atoms with Crippen molar-refractivity contribution in [1.29, 1.82) is 0 Å². The number of nitrogens with two attached hydrogens (primary N) is 1. The summed E-state index contributed by atoms with van der Waals surface area (Å²) in [6.45, 7) is -0.329. The van der Waals surface area contributed by atoms with Crippen LogP contribution in [0.15, 0.2) is 0 Å². The van der Waals surface area contributed by atoms with Crippen LogP contribution in [0.5, 0.6) is 0 Å². The molecule has 80 valence electrons. The third kappa shape index (κ3) is 3.40. The molecular formula is C7H12N2O5. The Hall–Kier alpha value is -1.63. The van der Waals surface area contributed by atoms with Gasteiger partial charge in [-0.2, -0.15) is 0 Å². The Morgan fingerprint density at radius 1 is 1.21 bits per heavy atom. The van der Waals surface area contributed by atoms with E-state index in [2.05, 4.69) is 14.8 Å². The maximum Gasteiger partial charge on any atom is 0.340 e. The topological polar surface area (TPSA) is 108 Å². The van der Waals surface area contributed by atoms with Gasteiger partial charge >= 0.3 is 11.9 Å². The summed E-state index contributed by atoms with van der Waals surface area (Å²) in [5.41, 5.74) is 4.99. The van der Waals surface area contributed by atoms with E-state index in [4.69, 9.17) is 5.73 Å². The zero-order valence-corrected chi connectivity index (χ0v) is 7.90. The summed E-state index contributed by atoms with van der Waals surface area (Å²) in [5.74, 6) is -2.46. The van der Waals surface area contributed by atoms with Crippen molar-refractivity contribution in [2.45, 2.75) is 6.04 Å². The Kier molecular flexibility index (Phi) is 5.23. The average Bonchev–Trinajstić information content (AvgIpc) is 2.23. The van der Waals surface area contributed by atoms with Gasteiger partial charge in [-0.15, -0.1) is 0 Å². The van der Waals surface area contributed by atoms with Crippen LogP contribution >= 0.6 is 0 Å². The Morgan fingerprint density at radius 2 is 1.64 bits per heavy atom. The van der Waals surface area contributed by atoms with Crippen LogP contribution < -0.4 is 11.1 Å². The summed E-state index contributed by atoms with van der Waals surface area (Å²) < 4.78 is 8.57. The van der Waals surface area contributed by atoms with E-state index in [1.54, 1.807) is 0 Å². The summed E-state index contributed by atoms with van der Waals surface area (Å²) in [5, 5.41) is 2.06. The predicted molar refractivity (Wildman–Crippen MR) is 45.0 cm³/mol. The van der Waals surface area contributed by atoms with Gasteiger partial charge in [0.2, 0.25) is 11.9 Å². The molecule has 0 atom stereocenters. The molecule has 0 saturated heterocycles. The van der Waals surface area contributed by atoms with Gasteiger partial charge in [0.25, 0.3) is 0 Å². The zero-order valence-electron chi connectivity index (χ0n) is 7.90. The smallest absolute Gasteiger partial charge is 0.340 e. The minimum atomic E-state index is -1.46. The lowest BCUT2D eigenvalue weighted by atomic mass is 10.3. The van der Waals surface area contributed by atoms with Crippen LogP contribution in [0, 0.1) is 0 Å². The van der Waals surface area contributed by atoms with E-state index >= 15 is 0 Å². The molecule has 0 aliphatic heterocycles. The van der Waals surface area contributed by atoms with E-state index in [0.717, 1.165) is 14.2 Å². The molecule has 0 bridgehead atoms. The molecule has 0 radical (unpaired) electrons. The average molecular weight is 204 g/mol. The largest absolute Gasteiger partial charge is 0.467 e. The van der Waals surface area contributed by atoms with E-state index in [9.17, 15) is 14.4 Å². The highest BCUT2D eigenvalue weighted by atomic mass is 16.5. The quantitative estimate of drug-likeness (QED) is 0.396. The lowest BCUT2D eigenvalue weighted by molar-refractivity contribution is -0.156. The molecule has 3 N–H and O–H groups in total. The number of rotatable bonds is 4. The van der Waals surface area contributed by atoms with Gasteiger partial charge in [0, 0.05) is 0 Å². The highest BCUT2D eigenvalue weighted by Crippen LogP contribution is 1.91. The van der Waals surface area contributed by atoms with Gasteiger partial charge < -0.3 is 20.5 Å². The SMILES string of the molecule is COC(=O)C(NC(=O)CN)C(=O)OC. The van der Waals surface area contributed by atoms with E-state index in [0.29, 0.717) is 0 Å². The first-order valence-electron chi connectivity index (χ1n) is 3.71. The fraction of sp³-hybridized carbons (Fsp3) is 0.571. The van der Waals surface area contributed by atoms with Gasteiger partial charge in [-0.3, -0.25) is 4.79 Å². The van der Waals surface area contributed by atoms with Crippen molar-refractivity contribution < 1.29 is 23.9 Å². The molecule has 14 heavy (non-hydrogen) atoms. The number of hydrogen-bond acceptors (Lipinski definition) is 6. The minimum Gasteiger partial charge on any atom is -0.467 e. The third-order valence-corrected chi connectivity index (χ3v) is 1.36. The Morgan fingerprint density at radius 3 is 1.93 bits per heavy atom. The first-order chi connectivity index (χ1) is 6.56. The van der Waals surface area contributed by atoms with Crippen molar-refractivity contribution in [3.05, 3.63) is 0 Å². The Bertz CT molecular complexity index is 224. The summed E-state index contributed by atoms with van der Waals surface area (Å²) in [6.07, 6.45) is 0. The molecule has 0 aliphatic carbocycles. The van der Waals surface area contributed by atoms with Crippen LogP contribution in [0.3, 0.4) is 0 Å². The fourth-order valence-corrected chi connectivity index (χ4v) is 0.670. The lowest BCUT2D eigenvalue weighted by Crippen LogP contribution is -2.49. The Labute approximate surface area is 80.5 Å².